The summed E-state index contributed by atoms with van der Waals surface area (Å²) in [6, 6.07) is 2.31. The summed E-state index contributed by atoms with van der Waals surface area (Å²) < 4.78 is 0. The van der Waals surface area contributed by atoms with Crippen LogP contribution in [0.5, 0.6) is 0 Å². The van der Waals surface area contributed by atoms with E-state index >= 15 is 0 Å². The van der Waals surface area contributed by atoms with Crippen molar-refractivity contribution in [3.63, 3.8) is 0 Å². The van der Waals surface area contributed by atoms with E-state index in [-0.39, 0.29) is 6.04 Å². The Balaban J connectivity index is 2.93. The number of hydrogen-bond acceptors (Lipinski definition) is 2. The maximum absolute atomic E-state index is 4.11. The van der Waals surface area contributed by atoms with Gasteiger partial charge < -0.3 is 5.32 Å². The highest BCUT2D eigenvalue weighted by Crippen LogP contribution is 2.12. The molecule has 0 saturated carbocycles. The molecular formula is C10H14N2. The maximum Gasteiger partial charge on any atom is 0.0516 e. The fraction of sp³-hybridized carbons (Fsp3) is 0.300. The van der Waals surface area contributed by atoms with Crippen LogP contribution in [-0.4, -0.2) is 12.0 Å². The Morgan fingerprint density at radius 1 is 1.58 bits per heavy atom. The van der Waals surface area contributed by atoms with Crippen molar-refractivity contribution in [1.29, 1.82) is 0 Å². The fourth-order valence-corrected chi connectivity index (χ4v) is 1.17. The van der Waals surface area contributed by atoms with Crippen LogP contribution in [0.1, 0.15) is 17.2 Å². The van der Waals surface area contributed by atoms with E-state index in [1.807, 2.05) is 32.4 Å². The smallest absolute Gasteiger partial charge is 0.0516 e. The van der Waals surface area contributed by atoms with Crippen molar-refractivity contribution in [1.82, 2.24) is 10.3 Å². The van der Waals surface area contributed by atoms with Crippen LogP contribution in [0.15, 0.2) is 31.1 Å². The van der Waals surface area contributed by atoms with Crippen molar-refractivity contribution in [3.8, 4) is 0 Å². The normalized spacial score (nSPS) is 12.5. The Bertz CT molecular complexity index is 268. The Hall–Kier alpha value is -1.15. The van der Waals surface area contributed by atoms with Gasteiger partial charge in [-0.05, 0) is 25.1 Å². The van der Waals surface area contributed by atoms with E-state index < -0.39 is 0 Å². The van der Waals surface area contributed by atoms with E-state index in [0.29, 0.717) is 0 Å². The molecule has 2 nitrogen and oxygen atoms in total. The Morgan fingerprint density at radius 2 is 2.33 bits per heavy atom. The van der Waals surface area contributed by atoms with Gasteiger partial charge in [0.1, 0.15) is 0 Å². The van der Waals surface area contributed by atoms with Crippen LogP contribution in [0.4, 0.5) is 0 Å². The molecule has 1 unspecified atom stereocenters. The molecule has 0 aliphatic carbocycles. The molecule has 1 aromatic rings. The summed E-state index contributed by atoms with van der Waals surface area (Å²) in [5.41, 5.74) is 2.34. The number of rotatable bonds is 3. The summed E-state index contributed by atoms with van der Waals surface area (Å²) in [6.07, 6.45) is 5.58. The lowest BCUT2D eigenvalue weighted by Gasteiger charge is -2.10. The molecule has 64 valence electrons. The van der Waals surface area contributed by atoms with Crippen LogP contribution < -0.4 is 5.32 Å². The molecule has 0 bridgehead atoms. The van der Waals surface area contributed by atoms with Crippen LogP contribution >= 0.6 is 0 Å². The minimum absolute atomic E-state index is 0.206. The van der Waals surface area contributed by atoms with E-state index in [0.717, 1.165) is 5.56 Å². The van der Waals surface area contributed by atoms with Crippen molar-refractivity contribution in [2.24, 2.45) is 0 Å². The summed E-state index contributed by atoms with van der Waals surface area (Å²) in [7, 11) is 1.91. The molecule has 2 heteroatoms. The monoisotopic (exact) mass is 162 g/mol. The summed E-state index contributed by atoms with van der Waals surface area (Å²) in [4.78, 5) is 4.11. The van der Waals surface area contributed by atoms with Crippen LogP contribution in [0, 0.1) is 6.92 Å². The summed E-state index contributed by atoms with van der Waals surface area (Å²) in [6.45, 7) is 5.78. The van der Waals surface area contributed by atoms with Crippen molar-refractivity contribution >= 4 is 0 Å². The standard InChI is InChI=1S/C10H14N2/c1-4-10(11-3)9-5-8(2)6-12-7-9/h4-7,10-11H,1H2,2-3H3. The van der Waals surface area contributed by atoms with E-state index in [2.05, 4.69) is 22.9 Å². The highest BCUT2D eigenvalue weighted by molar-refractivity contribution is 5.22. The average molecular weight is 162 g/mol. The molecule has 1 heterocycles. The summed E-state index contributed by atoms with van der Waals surface area (Å²) in [5.74, 6) is 0. The minimum atomic E-state index is 0.206. The first-order valence-electron chi connectivity index (χ1n) is 3.99. The Kier molecular flexibility index (Phi) is 3.00. The molecule has 0 aliphatic heterocycles. The second-order valence-corrected chi connectivity index (χ2v) is 2.80. The number of hydrogen-bond donors (Lipinski definition) is 1. The van der Waals surface area contributed by atoms with E-state index in [1.165, 1.54) is 5.56 Å². The lowest BCUT2D eigenvalue weighted by molar-refractivity contribution is 0.712. The number of pyridine rings is 1. The molecule has 1 rings (SSSR count). The Morgan fingerprint density at radius 3 is 2.83 bits per heavy atom. The molecular weight excluding hydrogens is 148 g/mol. The Labute approximate surface area is 73.3 Å². The van der Waals surface area contributed by atoms with Crippen molar-refractivity contribution in [2.75, 3.05) is 7.05 Å². The molecule has 1 aromatic heterocycles. The van der Waals surface area contributed by atoms with Gasteiger partial charge in [-0.2, -0.15) is 0 Å². The highest BCUT2D eigenvalue weighted by Gasteiger charge is 2.03. The first-order valence-corrected chi connectivity index (χ1v) is 3.99. The van der Waals surface area contributed by atoms with Gasteiger partial charge in [0.05, 0.1) is 6.04 Å². The van der Waals surface area contributed by atoms with Gasteiger partial charge in [-0.15, -0.1) is 6.58 Å². The van der Waals surface area contributed by atoms with Gasteiger partial charge in [-0.3, -0.25) is 4.98 Å². The molecule has 0 saturated heterocycles. The first kappa shape index (κ1) is 8.94. The largest absolute Gasteiger partial charge is 0.310 e. The third-order valence-electron chi connectivity index (χ3n) is 1.80. The molecule has 0 fully saturated rings. The van der Waals surface area contributed by atoms with Crippen molar-refractivity contribution in [2.45, 2.75) is 13.0 Å². The SMILES string of the molecule is C=CC(NC)c1cncc(C)c1. The van der Waals surface area contributed by atoms with Crippen LogP contribution in [0.3, 0.4) is 0 Å². The fourth-order valence-electron chi connectivity index (χ4n) is 1.17. The molecule has 1 atom stereocenters. The van der Waals surface area contributed by atoms with Crippen LogP contribution in [-0.2, 0) is 0 Å². The lowest BCUT2D eigenvalue weighted by Crippen LogP contribution is -2.13. The third-order valence-corrected chi connectivity index (χ3v) is 1.80. The van der Waals surface area contributed by atoms with Gasteiger partial charge in [0.15, 0.2) is 0 Å². The highest BCUT2D eigenvalue weighted by atomic mass is 14.9. The zero-order valence-corrected chi connectivity index (χ0v) is 7.54. The molecule has 0 spiro atoms. The topological polar surface area (TPSA) is 24.9 Å². The van der Waals surface area contributed by atoms with Gasteiger partial charge in [0.25, 0.3) is 0 Å². The van der Waals surface area contributed by atoms with E-state index in [9.17, 15) is 0 Å². The molecule has 12 heavy (non-hydrogen) atoms. The first-order chi connectivity index (χ1) is 5.77. The quantitative estimate of drug-likeness (QED) is 0.686. The van der Waals surface area contributed by atoms with Crippen LogP contribution in [0.25, 0.3) is 0 Å². The van der Waals surface area contributed by atoms with Gasteiger partial charge in [-0.25, -0.2) is 0 Å². The van der Waals surface area contributed by atoms with Crippen LogP contribution in [0.2, 0.25) is 0 Å². The number of aromatic nitrogens is 1. The molecule has 0 amide bonds. The van der Waals surface area contributed by atoms with E-state index in [1.54, 1.807) is 0 Å². The molecule has 0 aliphatic rings. The second-order valence-electron chi connectivity index (χ2n) is 2.80. The number of nitrogens with one attached hydrogen (secondary N) is 1. The van der Waals surface area contributed by atoms with Gasteiger partial charge in [-0.1, -0.05) is 12.1 Å². The van der Waals surface area contributed by atoms with Crippen molar-refractivity contribution < 1.29 is 0 Å². The predicted octanol–water partition coefficient (Wildman–Crippen LogP) is 1.84. The number of likely N-dealkylation sites (N-methyl/N-ethyl adjacent to an activating group) is 1. The van der Waals surface area contributed by atoms with Gasteiger partial charge in [0, 0.05) is 12.4 Å². The zero-order chi connectivity index (χ0) is 8.97. The number of aryl methyl sites for hydroxylation is 1. The summed E-state index contributed by atoms with van der Waals surface area (Å²) >= 11 is 0. The van der Waals surface area contributed by atoms with Gasteiger partial charge >= 0.3 is 0 Å². The summed E-state index contributed by atoms with van der Waals surface area (Å²) in [5, 5.41) is 3.14. The maximum atomic E-state index is 4.11. The molecule has 1 N–H and O–H groups in total. The minimum Gasteiger partial charge on any atom is -0.310 e. The average Bonchev–Trinajstić information content (AvgIpc) is 2.07. The van der Waals surface area contributed by atoms with E-state index in [4.69, 9.17) is 0 Å². The van der Waals surface area contributed by atoms with Gasteiger partial charge in [0.2, 0.25) is 0 Å². The zero-order valence-electron chi connectivity index (χ0n) is 7.54. The predicted molar refractivity (Wildman–Crippen MR) is 51.0 cm³/mol. The second kappa shape index (κ2) is 4.02. The van der Waals surface area contributed by atoms with Crippen molar-refractivity contribution in [3.05, 3.63) is 42.2 Å². The number of nitrogens with zero attached hydrogens (tertiary/aromatic N) is 1. The lowest BCUT2D eigenvalue weighted by atomic mass is 10.1. The molecule has 0 radical (unpaired) electrons. The molecule has 0 aromatic carbocycles. The third kappa shape index (κ3) is 1.92.